The molecule has 2 aromatic rings. The van der Waals surface area contributed by atoms with Gasteiger partial charge in [0.05, 0.1) is 16.5 Å². The van der Waals surface area contributed by atoms with Crippen molar-refractivity contribution < 1.29 is 4.79 Å². The summed E-state index contributed by atoms with van der Waals surface area (Å²) in [6.45, 7) is 0. The van der Waals surface area contributed by atoms with Crippen molar-refractivity contribution in [3.8, 4) is 5.69 Å². The summed E-state index contributed by atoms with van der Waals surface area (Å²) in [7, 11) is 1.85. The minimum absolute atomic E-state index is 0.108. The van der Waals surface area contributed by atoms with Gasteiger partial charge in [0.15, 0.2) is 0 Å². The molecule has 0 radical (unpaired) electrons. The van der Waals surface area contributed by atoms with E-state index in [-0.39, 0.29) is 11.3 Å². The SMILES string of the molecule is CN1C(=O)CSC1c1ccn(-c2ccccc2Cl)c1. The van der Waals surface area contributed by atoms with Crippen molar-refractivity contribution >= 4 is 29.3 Å². The maximum atomic E-state index is 11.6. The molecule has 0 bridgehead atoms. The van der Waals surface area contributed by atoms with Crippen molar-refractivity contribution in [1.82, 2.24) is 9.47 Å². The first-order valence-corrected chi connectivity index (χ1v) is 7.39. The van der Waals surface area contributed by atoms with Gasteiger partial charge in [-0.05, 0) is 18.2 Å². The fraction of sp³-hybridized carbons (Fsp3) is 0.214. The summed E-state index contributed by atoms with van der Waals surface area (Å²) in [5.41, 5.74) is 2.07. The topological polar surface area (TPSA) is 25.2 Å². The highest BCUT2D eigenvalue weighted by Crippen LogP contribution is 2.37. The number of carbonyl (C=O) groups excluding carboxylic acids is 1. The zero-order valence-electron chi connectivity index (χ0n) is 10.4. The van der Waals surface area contributed by atoms with Crippen molar-refractivity contribution in [1.29, 1.82) is 0 Å². The van der Waals surface area contributed by atoms with Gasteiger partial charge in [0.25, 0.3) is 0 Å². The van der Waals surface area contributed by atoms with Crippen LogP contribution in [0.15, 0.2) is 42.7 Å². The smallest absolute Gasteiger partial charge is 0.233 e. The highest BCUT2D eigenvalue weighted by molar-refractivity contribution is 8.00. The maximum Gasteiger partial charge on any atom is 0.233 e. The molecule has 2 heterocycles. The fourth-order valence-electron chi connectivity index (χ4n) is 2.18. The number of thioether (sulfide) groups is 1. The lowest BCUT2D eigenvalue weighted by Gasteiger charge is -2.17. The Bertz CT molecular complexity index is 625. The molecule has 1 atom stereocenters. The van der Waals surface area contributed by atoms with E-state index in [1.165, 1.54) is 0 Å². The summed E-state index contributed by atoms with van der Waals surface area (Å²) in [4.78, 5) is 13.4. The lowest BCUT2D eigenvalue weighted by atomic mass is 10.3. The summed E-state index contributed by atoms with van der Waals surface area (Å²) in [5.74, 6) is 0.735. The van der Waals surface area contributed by atoms with Crippen LogP contribution < -0.4 is 0 Å². The highest BCUT2D eigenvalue weighted by Gasteiger charge is 2.30. The third kappa shape index (κ3) is 2.26. The van der Waals surface area contributed by atoms with E-state index in [2.05, 4.69) is 0 Å². The summed E-state index contributed by atoms with van der Waals surface area (Å²) in [6.07, 6.45) is 4.02. The number of benzene rings is 1. The minimum atomic E-state index is 0.108. The third-order valence-corrected chi connectivity index (χ3v) is 4.88. The zero-order chi connectivity index (χ0) is 13.4. The second kappa shape index (κ2) is 4.94. The number of hydrogen-bond donors (Lipinski definition) is 0. The van der Waals surface area contributed by atoms with Gasteiger partial charge in [-0.2, -0.15) is 0 Å². The van der Waals surface area contributed by atoms with Crippen molar-refractivity contribution in [3.05, 3.63) is 53.3 Å². The van der Waals surface area contributed by atoms with E-state index in [0.29, 0.717) is 10.8 Å². The second-order valence-corrected chi connectivity index (χ2v) is 5.95. The van der Waals surface area contributed by atoms with E-state index < -0.39 is 0 Å². The van der Waals surface area contributed by atoms with Gasteiger partial charge in [-0.3, -0.25) is 4.79 Å². The largest absolute Gasteiger partial charge is 0.329 e. The molecule has 1 aromatic carbocycles. The molecule has 98 valence electrons. The van der Waals surface area contributed by atoms with E-state index in [0.717, 1.165) is 11.3 Å². The molecule has 0 saturated carbocycles. The van der Waals surface area contributed by atoms with Crippen LogP contribution in [0, 0.1) is 0 Å². The quantitative estimate of drug-likeness (QED) is 0.848. The van der Waals surface area contributed by atoms with E-state index in [1.54, 1.807) is 16.7 Å². The van der Waals surface area contributed by atoms with Gasteiger partial charge in [-0.25, -0.2) is 0 Å². The summed E-state index contributed by atoms with van der Waals surface area (Å²) in [5, 5.41) is 0.824. The van der Waals surface area contributed by atoms with Gasteiger partial charge in [-0.1, -0.05) is 23.7 Å². The lowest BCUT2D eigenvalue weighted by Crippen LogP contribution is -2.22. The molecule has 3 rings (SSSR count). The number of nitrogens with zero attached hydrogens (tertiary/aromatic N) is 2. The molecule has 0 N–H and O–H groups in total. The normalized spacial score (nSPS) is 19.2. The van der Waals surface area contributed by atoms with Gasteiger partial charge >= 0.3 is 0 Å². The summed E-state index contributed by atoms with van der Waals surface area (Å²) in [6, 6.07) is 9.76. The lowest BCUT2D eigenvalue weighted by molar-refractivity contribution is -0.126. The zero-order valence-corrected chi connectivity index (χ0v) is 12.0. The van der Waals surface area contributed by atoms with Gasteiger partial charge in [0.1, 0.15) is 5.37 Å². The first-order valence-electron chi connectivity index (χ1n) is 5.97. The first-order chi connectivity index (χ1) is 9.16. The molecule has 3 nitrogen and oxygen atoms in total. The Labute approximate surface area is 121 Å². The number of carbonyl (C=O) groups is 1. The molecule has 1 fully saturated rings. The first kappa shape index (κ1) is 12.6. The molecule has 1 aliphatic rings. The summed E-state index contributed by atoms with van der Waals surface area (Å²) >= 11 is 7.84. The monoisotopic (exact) mass is 292 g/mol. The molecular weight excluding hydrogens is 280 g/mol. The molecule has 1 aliphatic heterocycles. The fourth-order valence-corrected chi connectivity index (χ4v) is 3.59. The Morgan fingerprint density at radius 1 is 1.32 bits per heavy atom. The van der Waals surface area contributed by atoms with Crippen LogP contribution >= 0.6 is 23.4 Å². The van der Waals surface area contributed by atoms with Gasteiger partial charge in [0.2, 0.25) is 5.91 Å². The Kier molecular flexibility index (Phi) is 3.29. The van der Waals surface area contributed by atoms with Gasteiger partial charge in [-0.15, -0.1) is 11.8 Å². The third-order valence-electron chi connectivity index (χ3n) is 3.24. The van der Waals surface area contributed by atoms with Crippen molar-refractivity contribution in [2.75, 3.05) is 12.8 Å². The standard InChI is InChI=1S/C14H13ClN2OS/c1-16-13(18)9-19-14(16)10-6-7-17(8-10)12-5-3-2-4-11(12)15/h2-8,14H,9H2,1H3. The Hall–Kier alpha value is -1.39. The van der Waals surface area contributed by atoms with Crippen LogP contribution in [0.25, 0.3) is 5.69 Å². The van der Waals surface area contributed by atoms with Crippen LogP contribution in [0.2, 0.25) is 5.02 Å². The average molecular weight is 293 g/mol. The van der Waals surface area contributed by atoms with Crippen molar-refractivity contribution in [2.24, 2.45) is 0 Å². The molecule has 1 amide bonds. The molecule has 1 saturated heterocycles. The number of rotatable bonds is 2. The van der Waals surface area contributed by atoms with Gasteiger partial charge < -0.3 is 9.47 Å². The molecule has 0 aliphatic carbocycles. The predicted molar refractivity (Wildman–Crippen MR) is 78.7 cm³/mol. The average Bonchev–Trinajstić information content (AvgIpc) is 2.99. The molecule has 1 unspecified atom stereocenters. The molecule has 1 aromatic heterocycles. The van der Waals surface area contributed by atoms with Crippen molar-refractivity contribution in [2.45, 2.75) is 5.37 Å². The van der Waals surface area contributed by atoms with E-state index in [9.17, 15) is 4.79 Å². The van der Waals surface area contributed by atoms with Crippen LogP contribution in [0.5, 0.6) is 0 Å². The van der Waals surface area contributed by atoms with Crippen LogP contribution in [0.1, 0.15) is 10.9 Å². The van der Waals surface area contributed by atoms with Crippen LogP contribution in [0.3, 0.4) is 0 Å². The van der Waals surface area contributed by atoms with E-state index in [1.807, 2.05) is 54.3 Å². The molecule has 5 heteroatoms. The number of hydrogen-bond acceptors (Lipinski definition) is 2. The maximum absolute atomic E-state index is 11.6. The molecule has 0 spiro atoms. The number of aromatic nitrogens is 1. The predicted octanol–water partition coefficient (Wildman–Crippen LogP) is 3.33. The van der Waals surface area contributed by atoms with E-state index >= 15 is 0 Å². The van der Waals surface area contributed by atoms with Crippen LogP contribution in [-0.2, 0) is 4.79 Å². The van der Waals surface area contributed by atoms with Gasteiger partial charge in [0, 0.05) is 25.0 Å². The van der Waals surface area contributed by atoms with Crippen molar-refractivity contribution in [3.63, 3.8) is 0 Å². The summed E-state index contributed by atoms with van der Waals surface area (Å²) < 4.78 is 1.99. The van der Waals surface area contributed by atoms with E-state index in [4.69, 9.17) is 11.6 Å². The minimum Gasteiger partial charge on any atom is -0.329 e. The number of amides is 1. The Morgan fingerprint density at radius 2 is 2.11 bits per heavy atom. The molecular formula is C14H13ClN2OS. The van der Waals surface area contributed by atoms with Crippen LogP contribution in [-0.4, -0.2) is 28.2 Å². The second-order valence-electron chi connectivity index (χ2n) is 4.47. The van der Waals surface area contributed by atoms with Crippen LogP contribution in [0.4, 0.5) is 0 Å². The number of para-hydroxylation sites is 1. The molecule has 19 heavy (non-hydrogen) atoms. The number of halogens is 1. The Balaban J connectivity index is 1.92. The highest BCUT2D eigenvalue weighted by atomic mass is 35.5. The Morgan fingerprint density at radius 3 is 2.79 bits per heavy atom.